The van der Waals surface area contributed by atoms with Crippen LogP contribution in [-0.2, 0) is 24.3 Å². The van der Waals surface area contributed by atoms with Gasteiger partial charge in [0, 0.05) is 26.7 Å². The first kappa shape index (κ1) is 22.4. The average molecular weight is 471 g/mol. The van der Waals surface area contributed by atoms with Gasteiger partial charge in [0.2, 0.25) is 0 Å². The second kappa shape index (κ2) is 12.6. The average Bonchev–Trinajstić information content (AvgIpc) is 2.63. The lowest BCUT2D eigenvalue weighted by atomic mass is 10.1. The molecule has 0 spiro atoms. The van der Waals surface area contributed by atoms with Gasteiger partial charge in [0.15, 0.2) is 5.96 Å². The van der Waals surface area contributed by atoms with Crippen molar-refractivity contribution in [1.82, 2.24) is 10.6 Å². The van der Waals surface area contributed by atoms with Gasteiger partial charge in [-0.05, 0) is 42.2 Å². The minimum Gasteiger partial charge on any atom is -0.377 e. The molecule has 2 rings (SSSR count). The van der Waals surface area contributed by atoms with Crippen LogP contribution in [0, 0.1) is 5.82 Å². The van der Waals surface area contributed by atoms with Crippen molar-refractivity contribution in [3.63, 3.8) is 0 Å². The van der Waals surface area contributed by atoms with E-state index in [0.29, 0.717) is 19.7 Å². The van der Waals surface area contributed by atoms with Crippen LogP contribution in [0.3, 0.4) is 0 Å². The van der Waals surface area contributed by atoms with Crippen molar-refractivity contribution >= 4 is 29.9 Å². The van der Waals surface area contributed by atoms with Crippen LogP contribution in [0.4, 0.5) is 4.39 Å². The Bertz CT molecular complexity index is 677. The summed E-state index contributed by atoms with van der Waals surface area (Å²) in [6.45, 7) is 4.74. The van der Waals surface area contributed by atoms with Crippen molar-refractivity contribution in [1.29, 1.82) is 0 Å². The summed E-state index contributed by atoms with van der Waals surface area (Å²) in [7, 11) is 1.74. The lowest BCUT2D eigenvalue weighted by molar-refractivity contribution is 0.134. The third-order valence-electron chi connectivity index (χ3n) is 3.77. The van der Waals surface area contributed by atoms with Gasteiger partial charge in [0.25, 0.3) is 0 Å². The summed E-state index contributed by atoms with van der Waals surface area (Å²) < 4.78 is 18.6. The molecule has 2 aromatic rings. The van der Waals surface area contributed by atoms with Crippen molar-refractivity contribution in [3.8, 4) is 0 Å². The van der Waals surface area contributed by atoms with Gasteiger partial charge >= 0.3 is 0 Å². The first-order valence-corrected chi connectivity index (χ1v) is 8.55. The van der Waals surface area contributed by atoms with Crippen LogP contribution < -0.4 is 10.6 Å². The van der Waals surface area contributed by atoms with Gasteiger partial charge in [-0.3, -0.25) is 4.99 Å². The van der Waals surface area contributed by atoms with Gasteiger partial charge in [-0.1, -0.05) is 36.4 Å². The number of guanidine groups is 1. The molecule has 0 saturated heterocycles. The van der Waals surface area contributed by atoms with Gasteiger partial charge < -0.3 is 15.4 Å². The highest BCUT2D eigenvalue weighted by Gasteiger charge is 2.00. The van der Waals surface area contributed by atoms with Gasteiger partial charge in [-0.15, -0.1) is 24.0 Å². The summed E-state index contributed by atoms with van der Waals surface area (Å²) in [5.41, 5.74) is 3.31. The van der Waals surface area contributed by atoms with E-state index in [1.165, 1.54) is 17.2 Å². The van der Waals surface area contributed by atoms with Gasteiger partial charge in [-0.25, -0.2) is 4.39 Å². The smallest absolute Gasteiger partial charge is 0.191 e. The Morgan fingerprint density at radius 1 is 1.04 bits per heavy atom. The van der Waals surface area contributed by atoms with E-state index in [4.69, 9.17) is 4.74 Å². The van der Waals surface area contributed by atoms with E-state index in [9.17, 15) is 4.39 Å². The molecule has 0 saturated carbocycles. The molecule has 26 heavy (non-hydrogen) atoms. The molecule has 0 aliphatic heterocycles. The molecule has 0 bridgehead atoms. The van der Waals surface area contributed by atoms with Crippen LogP contribution in [0.25, 0.3) is 0 Å². The highest BCUT2D eigenvalue weighted by atomic mass is 127. The minimum absolute atomic E-state index is 0. The lowest BCUT2D eigenvalue weighted by Gasteiger charge is -2.12. The fourth-order valence-corrected chi connectivity index (χ4v) is 2.40. The molecule has 0 amide bonds. The van der Waals surface area contributed by atoms with Crippen molar-refractivity contribution in [3.05, 3.63) is 71.0 Å². The van der Waals surface area contributed by atoms with E-state index < -0.39 is 0 Å². The zero-order chi connectivity index (χ0) is 17.9. The maximum absolute atomic E-state index is 13.2. The van der Waals surface area contributed by atoms with Crippen LogP contribution in [0.1, 0.15) is 23.6 Å². The standard InChI is InChI=1S/C20H26FN3O.HI/c1-3-25-15-18-9-7-17(8-10-18)14-24-20(22-2)23-12-11-16-5-4-6-19(21)13-16;/h4-10,13H,3,11-12,14-15H2,1-2H3,(H2,22,23,24);1H. The molecule has 0 aromatic heterocycles. The number of aliphatic imine (C=N–C) groups is 1. The molecule has 0 heterocycles. The third-order valence-corrected chi connectivity index (χ3v) is 3.77. The van der Waals surface area contributed by atoms with E-state index in [2.05, 4.69) is 39.9 Å². The van der Waals surface area contributed by atoms with Gasteiger partial charge in [0.1, 0.15) is 5.82 Å². The molecule has 0 atom stereocenters. The molecule has 0 unspecified atom stereocenters. The SMILES string of the molecule is CCOCc1ccc(CNC(=NC)NCCc2cccc(F)c2)cc1.I. The number of benzene rings is 2. The van der Waals surface area contributed by atoms with Crippen LogP contribution in [0.5, 0.6) is 0 Å². The van der Waals surface area contributed by atoms with Crippen molar-refractivity contribution in [2.24, 2.45) is 4.99 Å². The van der Waals surface area contributed by atoms with E-state index >= 15 is 0 Å². The zero-order valence-electron chi connectivity index (χ0n) is 15.3. The molecule has 2 N–H and O–H groups in total. The Labute approximate surface area is 172 Å². The molecule has 0 radical (unpaired) electrons. The number of nitrogens with zero attached hydrogens (tertiary/aromatic N) is 1. The first-order valence-electron chi connectivity index (χ1n) is 8.55. The second-order valence-electron chi connectivity index (χ2n) is 5.69. The summed E-state index contributed by atoms with van der Waals surface area (Å²) in [6, 6.07) is 15.0. The Kier molecular flexibility index (Phi) is 10.9. The predicted molar refractivity (Wildman–Crippen MR) is 115 cm³/mol. The molecule has 0 aliphatic rings. The molecular formula is C20H27FIN3O. The van der Waals surface area contributed by atoms with Crippen LogP contribution >= 0.6 is 24.0 Å². The van der Waals surface area contributed by atoms with Gasteiger partial charge in [0.05, 0.1) is 6.61 Å². The maximum Gasteiger partial charge on any atom is 0.191 e. The van der Waals surface area contributed by atoms with Crippen LogP contribution in [0.15, 0.2) is 53.5 Å². The lowest BCUT2D eigenvalue weighted by Crippen LogP contribution is -2.37. The summed E-state index contributed by atoms with van der Waals surface area (Å²) in [6.07, 6.45) is 0.741. The number of rotatable bonds is 8. The fourth-order valence-electron chi connectivity index (χ4n) is 2.40. The molecule has 6 heteroatoms. The normalized spacial score (nSPS) is 11.0. The maximum atomic E-state index is 13.2. The summed E-state index contributed by atoms with van der Waals surface area (Å²) in [4.78, 5) is 4.21. The Hall–Kier alpha value is -1.67. The van der Waals surface area contributed by atoms with Crippen molar-refractivity contribution in [2.75, 3.05) is 20.2 Å². The Morgan fingerprint density at radius 2 is 1.77 bits per heavy atom. The number of ether oxygens (including phenoxy) is 1. The van der Waals surface area contributed by atoms with Crippen LogP contribution in [0.2, 0.25) is 0 Å². The van der Waals surface area contributed by atoms with Gasteiger partial charge in [-0.2, -0.15) is 0 Å². The van der Waals surface area contributed by atoms with Crippen molar-refractivity contribution in [2.45, 2.75) is 26.5 Å². The summed E-state index contributed by atoms with van der Waals surface area (Å²) in [5, 5.41) is 6.52. The quantitative estimate of drug-likeness (QED) is 0.349. The van der Waals surface area contributed by atoms with E-state index in [0.717, 1.165) is 24.6 Å². The summed E-state index contributed by atoms with van der Waals surface area (Å²) >= 11 is 0. The molecule has 4 nitrogen and oxygen atoms in total. The van der Waals surface area contributed by atoms with E-state index in [1.807, 2.05) is 13.0 Å². The Balaban J connectivity index is 0.00000338. The second-order valence-corrected chi connectivity index (χ2v) is 5.69. The Morgan fingerprint density at radius 3 is 2.42 bits per heavy atom. The number of nitrogens with one attached hydrogen (secondary N) is 2. The largest absolute Gasteiger partial charge is 0.377 e. The third kappa shape index (κ3) is 8.14. The molecule has 0 aliphatic carbocycles. The number of hydrogen-bond acceptors (Lipinski definition) is 2. The fraction of sp³-hybridized carbons (Fsp3) is 0.350. The minimum atomic E-state index is -0.201. The zero-order valence-corrected chi connectivity index (χ0v) is 17.6. The highest BCUT2D eigenvalue weighted by Crippen LogP contribution is 2.06. The van der Waals surface area contributed by atoms with E-state index in [1.54, 1.807) is 19.2 Å². The van der Waals surface area contributed by atoms with Crippen molar-refractivity contribution < 1.29 is 9.13 Å². The van der Waals surface area contributed by atoms with E-state index in [-0.39, 0.29) is 29.8 Å². The molecule has 0 fully saturated rings. The monoisotopic (exact) mass is 471 g/mol. The predicted octanol–water partition coefficient (Wildman–Crippen LogP) is 3.89. The highest BCUT2D eigenvalue weighted by molar-refractivity contribution is 14.0. The van der Waals surface area contributed by atoms with Crippen LogP contribution in [-0.4, -0.2) is 26.2 Å². The number of halogens is 2. The molecule has 142 valence electrons. The molecule has 2 aromatic carbocycles. The molecular weight excluding hydrogens is 444 g/mol. The summed E-state index contributed by atoms with van der Waals surface area (Å²) in [5.74, 6) is 0.530. The topological polar surface area (TPSA) is 45.6 Å². The first-order chi connectivity index (χ1) is 12.2. The number of hydrogen-bond donors (Lipinski definition) is 2.